The van der Waals surface area contributed by atoms with Gasteiger partial charge in [0.15, 0.2) is 0 Å². The Morgan fingerprint density at radius 3 is 2.29 bits per heavy atom. The number of carbonyl (C=O) groups excluding carboxylic acids is 2. The summed E-state index contributed by atoms with van der Waals surface area (Å²) in [7, 11) is -4.73. The third-order valence-corrected chi connectivity index (χ3v) is 7.33. The van der Waals surface area contributed by atoms with Crippen LogP contribution in [0.3, 0.4) is 0 Å². The van der Waals surface area contributed by atoms with E-state index in [1.807, 2.05) is 27.7 Å². The highest BCUT2D eigenvalue weighted by Crippen LogP contribution is 2.46. The Bertz CT molecular complexity index is 964. The number of rotatable bonds is 8. The molecule has 1 aromatic carbocycles. The number of hydrogen-bond acceptors (Lipinski definition) is 5. The van der Waals surface area contributed by atoms with E-state index in [1.54, 1.807) is 29.2 Å². The molecule has 0 unspecified atom stereocenters. The molecule has 0 spiro atoms. The van der Waals surface area contributed by atoms with Gasteiger partial charge in [-0.2, -0.15) is 0 Å². The molecule has 1 aliphatic rings. The van der Waals surface area contributed by atoms with Gasteiger partial charge in [0, 0.05) is 30.1 Å². The number of nitrogens with zero attached hydrogens (tertiary/aromatic N) is 1. The molecule has 12 heteroatoms. The van der Waals surface area contributed by atoms with Gasteiger partial charge in [-0.1, -0.05) is 51.4 Å². The molecule has 0 saturated carbocycles. The van der Waals surface area contributed by atoms with Gasteiger partial charge in [-0.3, -0.25) is 9.32 Å². The maximum atomic E-state index is 13.4. The van der Waals surface area contributed by atoms with Crippen molar-refractivity contribution < 1.29 is 33.6 Å². The molecule has 0 aromatic heterocycles. The molecule has 5 N–H and O–H groups in total. The number of benzene rings is 1. The van der Waals surface area contributed by atoms with Crippen LogP contribution in [0.2, 0.25) is 5.02 Å². The third-order valence-electron chi connectivity index (χ3n) is 6.34. The van der Waals surface area contributed by atoms with E-state index in [1.165, 1.54) is 13.8 Å². The first-order chi connectivity index (χ1) is 15.9. The van der Waals surface area contributed by atoms with E-state index in [0.717, 1.165) is 5.56 Å². The van der Waals surface area contributed by atoms with E-state index in [4.69, 9.17) is 21.4 Å². The van der Waals surface area contributed by atoms with Gasteiger partial charge in [0.05, 0.1) is 11.2 Å². The van der Waals surface area contributed by atoms with Gasteiger partial charge < -0.3 is 30.4 Å². The van der Waals surface area contributed by atoms with Crippen molar-refractivity contribution in [2.24, 2.45) is 11.3 Å². The summed E-state index contributed by atoms with van der Waals surface area (Å²) in [6.07, 6.45) is 0.318. The van der Waals surface area contributed by atoms with Gasteiger partial charge in [0.2, 0.25) is 5.91 Å². The summed E-state index contributed by atoms with van der Waals surface area (Å²) in [5.41, 5.74) is -2.42. The van der Waals surface area contributed by atoms with Crippen molar-refractivity contribution in [1.82, 2.24) is 15.5 Å². The predicted octanol–water partition coefficient (Wildman–Crippen LogP) is 3.00. The third kappa shape index (κ3) is 7.65. The number of halogens is 1. The van der Waals surface area contributed by atoms with E-state index in [-0.39, 0.29) is 24.9 Å². The summed E-state index contributed by atoms with van der Waals surface area (Å²) < 4.78 is 15.8. The molecule has 198 valence electrons. The zero-order chi connectivity index (χ0) is 26.8. The fourth-order valence-corrected chi connectivity index (χ4v) is 5.16. The minimum absolute atomic E-state index is 0.187. The molecule has 1 saturated heterocycles. The number of hydrogen-bond donors (Lipinski definition) is 5. The molecule has 2 atom stereocenters. The van der Waals surface area contributed by atoms with Crippen molar-refractivity contribution in [2.45, 2.75) is 65.2 Å². The highest BCUT2D eigenvalue weighted by Gasteiger charge is 2.50. The van der Waals surface area contributed by atoms with Crippen LogP contribution >= 0.6 is 19.4 Å². The summed E-state index contributed by atoms with van der Waals surface area (Å²) in [6.45, 7) is 10.7. The van der Waals surface area contributed by atoms with Gasteiger partial charge in [-0.05, 0) is 43.9 Å². The van der Waals surface area contributed by atoms with Crippen molar-refractivity contribution in [2.75, 3.05) is 19.6 Å². The number of urea groups is 1. The van der Waals surface area contributed by atoms with E-state index < -0.39 is 36.5 Å². The summed E-state index contributed by atoms with van der Waals surface area (Å²) in [4.78, 5) is 45.6. The molecule has 1 heterocycles. The van der Waals surface area contributed by atoms with Crippen LogP contribution in [0.4, 0.5) is 4.79 Å². The fourth-order valence-electron chi connectivity index (χ4n) is 4.32. The Morgan fingerprint density at radius 1 is 1.23 bits per heavy atom. The van der Waals surface area contributed by atoms with Crippen LogP contribution in [-0.2, 0) is 19.5 Å². The van der Waals surface area contributed by atoms with Gasteiger partial charge in [0.25, 0.3) is 0 Å². The first-order valence-corrected chi connectivity index (χ1v) is 13.4. The van der Waals surface area contributed by atoms with Crippen LogP contribution in [0.25, 0.3) is 0 Å². The summed E-state index contributed by atoms with van der Waals surface area (Å²) in [5, 5.41) is 17.3. The van der Waals surface area contributed by atoms with Crippen LogP contribution in [0.1, 0.15) is 53.5 Å². The zero-order valence-electron chi connectivity index (χ0n) is 21.0. The second-order valence-electron chi connectivity index (χ2n) is 10.7. The number of piperidine rings is 1. The van der Waals surface area contributed by atoms with Gasteiger partial charge in [-0.15, -0.1) is 0 Å². The molecule has 0 bridgehead atoms. The Hall–Kier alpha value is -1.68. The van der Waals surface area contributed by atoms with E-state index >= 15 is 0 Å². The highest BCUT2D eigenvalue weighted by molar-refractivity contribution is 7.46. The molecule has 0 aliphatic carbocycles. The SMILES string of the molecule is CC(C)[C@@H](NC(=O)NCC(C)(C)OP(=O)(O)O)C(=O)N1CC[C@](O)(c2ccc(Cl)cc2)C(C)(C)C1. The molecule has 1 aliphatic heterocycles. The van der Waals surface area contributed by atoms with Gasteiger partial charge in [0.1, 0.15) is 6.04 Å². The summed E-state index contributed by atoms with van der Waals surface area (Å²) >= 11 is 6.00. The van der Waals surface area contributed by atoms with Crippen molar-refractivity contribution in [1.29, 1.82) is 0 Å². The quantitative estimate of drug-likeness (QED) is 0.322. The Balaban J connectivity index is 2.08. The minimum atomic E-state index is -4.73. The normalized spacial score (nSPS) is 21.5. The second-order valence-corrected chi connectivity index (χ2v) is 12.3. The van der Waals surface area contributed by atoms with Crippen LogP contribution in [0.15, 0.2) is 24.3 Å². The minimum Gasteiger partial charge on any atom is -0.384 e. The van der Waals surface area contributed by atoms with E-state index in [0.29, 0.717) is 18.0 Å². The topological polar surface area (TPSA) is 148 Å². The molecule has 35 heavy (non-hydrogen) atoms. The van der Waals surface area contributed by atoms with Crippen molar-refractivity contribution in [3.05, 3.63) is 34.9 Å². The molecule has 3 amide bonds. The zero-order valence-corrected chi connectivity index (χ0v) is 22.7. The van der Waals surface area contributed by atoms with Gasteiger partial charge in [-0.25, -0.2) is 9.36 Å². The fraction of sp³-hybridized carbons (Fsp3) is 0.652. The number of aliphatic hydroxyl groups is 1. The summed E-state index contributed by atoms with van der Waals surface area (Å²) in [5.74, 6) is -0.500. The molecule has 2 rings (SSSR count). The monoisotopic (exact) mass is 533 g/mol. The molecular weight excluding hydrogens is 497 g/mol. The molecule has 0 radical (unpaired) electrons. The lowest BCUT2D eigenvalue weighted by Crippen LogP contribution is -2.61. The molecule has 1 aromatic rings. The van der Waals surface area contributed by atoms with E-state index in [9.17, 15) is 19.3 Å². The molecular formula is C23H37ClN3O7P. The lowest BCUT2D eigenvalue weighted by Gasteiger charge is -2.51. The first kappa shape index (κ1) is 29.5. The Kier molecular flexibility index (Phi) is 9.07. The maximum absolute atomic E-state index is 13.4. The average Bonchev–Trinajstić information content (AvgIpc) is 2.70. The standard InChI is InChI=1S/C23H37ClN3O7P/c1-15(2)18(26-20(29)25-13-22(5,6)34-35(31,32)33)19(28)27-12-11-23(30,21(3,4)14-27)16-7-9-17(24)10-8-16/h7-10,15,18,30H,11-14H2,1-6H3,(H2,25,26,29)(H2,31,32,33)/t18-,23+/m1/s1. The number of phosphoric ester groups is 1. The highest BCUT2D eigenvalue weighted by atomic mass is 35.5. The predicted molar refractivity (Wildman–Crippen MR) is 133 cm³/mol. The maximum Gasteiger partial charge on any atom is 0.470 e. The number of carbonyl (C=O) groups is 2. The first-order valence-electron chi connectivity index (χ1n) is 11.4. The molecule has 10 nitrogen and oxygen atoms in total. The average molecular weight is 534 g/mol. The van der Waals surface area contributed by atoms with E-state index in [2.05, 4.69) is 15.2 Å². The summed E-state index contributed by atoms with van der Waals surface area (Å²) in [6, 6.07) is 5.55. The number of amides is 3. The van der Waals surface area contributed by atoms with Crippen molar-refractivity contribution in [3.8, 4) is 0 Å². The van der Waals surface area contributed by atoms with Crippen LogP contribution in [0, 0.1) is 11.3 Å². The van der Waals surface area contributed by atoms with Crippen LogP contribution in [0.5, 0.6) is 0 Å². The second kappa shape index (κ2) is 10.7. The lowest BCUT2D eigenvalue weighted by atomic mass is 9.66. The number of phosphoric acid groups is 1. The van der Waals surface area contributed by atoms with Crippen LogP contribution in [-0.4, -0.2) is 63.0 Å². The lowest BCUT2D eigenvalue weighted by molar-refractivity contribution is -0.155. The van der Waals surface area contributed by atoms with Crippen molar-refractivity contribution in [3.63, 3.8) is 0 Å². The Morgan fingerprint density at radius 2 is 1.80 bits per heavy atom. The largest absolute Gasteiger partial charge is 0.470 e. The Labute approximate surface area is 211 Å². The number of likely N-dealkylation sites (tertiary alicyclic amines) is 1. The van der Waals surface area contributed by atoms with Crippen molar-refractivity contribution >= 4 is 31.4 Å². The molecule has 1 fully saturated rings. The van der Waals surface area contributed by atoms with Gasteiger partial charge >= 0.3 is 13.9 Å². The van der Waals surface area contributed by atoms with Crippen LogP contribution < -0.4 is 10.6 Å². The number of nitrogens with one attached hydrogen (secondary N) is 2. The smallest absolute Gasteiger partial charge is 0.384 e.